The first-order chi connectivity index (χ1) is 15.8. The molecule has 1 aliphatic rings. The largest absolute Gasteiger partial charge is 0.444 e. The molecule has 3 aromatic rings. The van der Waals surface area contributed by atoms with E-state index in [-0.39, 0.29) is 5.91 Å². The van der Waals surface area contributed by atoms with Gasteiger partial charge in [-0.15, -0.1) is 0 Å². The molecule has 1 saturated heterocycles. The van der Waals surface area contributed by atoms with E-state index in [0.29, 0.717) is 26.1 Å². The molecule has 1 aliphatic heterocycles. The molecule has 0 aliphatic carbocycles. The van der Waals surface area contributed by atoms with Crippen LogP contribution in [-0.4, -0.2) is 53.1 Å². The Hall–Kier alpha value is -3.34. The summed E-state index contributed by atoms with van der Waals surface area (Å²) in [5.74, 6) is -0.0174. The van der Waals surface area contributed by atoms with E-state index in [9.17, 15) is 9.59 Å². The molecule has 0 spiro atoms. The zero-order chi connectivity index (χ0) is 23.4. The Bertz CT molecular complexity index is 1120. The summed E-state index contributed by atoms with van der Waals surface area (Å²) in [4.78, 5) is 30.1. The molecular weight excluding hydrogens is 412 g/mol. The topological polar surface area (TPSA) is 49.9 Å². The van der Waals surface area contributed by atoms with Gasteiger partial charge in [-0.25, -0.2) is 4.79 Å². The van der Waals surface area contributed by atoms with Gasteiger partial charge in [-0.2, -0.15) is 0 Å². The molecule has 0 saturated carbocycles. The molecule has 5 heteroatoms. The summed E-state index contributed by atoms with van der Waals surface area (Å²) < 4.78 is 5.64. The van der Waals surface area contributed by atoms with Gasteiger partial charge in [-0.3, -0.25) is 9.69 Å². The highest BCUT2D eigenvalue weighted by Crippen LogP contribution is 2.23. The number of fused-ring (bicyclic) bond motifs is 1. The van der Waals surface area contributed by atoms with E-state index in [1.165, 1.54) is 5.56 Å². The molecule has 33 heavy (non-hydrogen) atoms. The van der Waals surface area contributed by atoms with E-state index in [1.807, 2.05) is 62.1 Å². The van der Waals surface area contributed by atoms with Crippen molar-refractivity contribution < 1.29 is 14.3 Å². The Morgan fingerprint density at radius 2 is 1.61 bits per heavy atom. The van der Waals surface area contributed by atoms with Crippen molar-refractivity contribution in [2.45, 2.75) is 45.3 Å². The lowest BCUT2D eigenvalue weighted by Crippen LogP contribution is -2.60. The lowest BCUT2D eigenvalue weighted by atomic mass is 9.98. The molecule has 2 amide bonds. The summed E-state index contributed by atoms with van der Waals surface area (Å²) in [6, 6.07) is 24.0. The van der Waals surface area contributed by atoms with E-state index in [4.69, 9.17) is 4.74 Å². The van der Waals surface area contributed by atoms with Crippen molar-refractivity contribution in [2.75, 3.05) is 19.6 Å². The van der Waals surface area contributed by atoms with Gasteiger partial charge in [-0.05, 0) is 49.1 Å². The minimum absolute atomic E-state index is 0.0174. The number of benzene rings is 3. The van der Waals surface area contributed by atoms with E-state index >= 15 is 0 Å². The van der Waals surface area contributed by atoms with Gasteiger partial charge in [0.05, 0.1) is 0 Å². The van der Waals surface area contributed by atoms with Gasteiger partial charge in [0.15, 0.2) is 0 Å². The number of hydrogen-bond donors (Lipinski definition) is 0. The number of ether oxygens (including phenoxy) is 1. The summed E-state index contributed by atoms with van der Waals surface area (Å²) in [5.41, 5.74) is 1.62. The van der Waals surface area contributed by atoms with Crippen molar-refractivity contribution in [1.82, 2.24) is 9.80 Å². The van der Waals surface area contributed by atoms with Crippen LogP contribution < -0.4 is 0 Å². The maximum atomic E-state index is 13.6. The van der Waals surface area contributed by atoms with Crippen molar-refractivity contribution in [1.29, 1.82) is 0 Å². The van der Waals surface area contributed by atoms with E-state index in [0.717, 1.165) is 22.8 Å². The third-order valence-electron chi connectivity index (χ3n) is 5.97. The fourth-order valence-electron chi connectivity index (χ4n) is 4.29. The van der Waals surface area contributed by atoms with Gasteiger partial charge in [0.2, 0.25) is 5.91 Å². The average molecular weight is 445 g/mol. The maximum Gasteiger partial charge on any atom is 0.411 e. The zero-order valence-corrected chi connectivity index (χ0v) is 19.7. The molecule has 3 aromatic carbocycles. The lowest BCUT2D eigenvalue weighted by Gasteiger charge is -2.41. The van der Waals surface area contributed by atoms with Crippen molar-refractivity contribution in [3.8, 4) is 0 Å². The number of carbonyl (C=O) groups is 2. The molecule has 1 heterocycles. The van der Waals surface area contributed by atoms with Crippen LogP contribution in [-0.2, 0) is 22.4 Å². The average Bonchev–Trinajstić information content (AvgIpc) is 2.79. The Labute approximate surface area is 195 Å². The Morgan fingerprint density at radius 3 is 2.33 bits per heavy atom. The molecule has 0 radical (unpaired) electrons. The van der Waals surface area contributed by atoms with Gasteiger partial charge in [0.1, 0.15) is 11.6 Å². The van der Waals surface area contributed by atoms with Crippen molar-refractivity contribution in [3.63, 3.8) is 0 Å². The van der Waals surface area contributed by atoms with E-state index in [2.05, 4.69) is 36.4 Å². The van der Waals surface area contributed by atoms with Gasteiger partial charge >= 0.3 is 6.09 Å². The fourth-order valence-corrected chi connectivity index (χ4v) is 4.29. The van der Waals surface area contributed by atoms with Gasteiger partial charge in [-0.1, -0.05) is 72.8 Å². The monoisotopic (exact) mass is 444 g/mol. The predicted molar refractivity (Wildman–Crippen MR) is 131 cm³/mol. The van der Waals surface area contributed by atoms with Crippen LogP contribution in [0.25, 0.3) is 10.8 Å². The molecular formula is C28H32N2O3. The first kappa shape index (κ1) is 22.8. The first-order valence-electron chi connectivity index (χ1n) is 11.6. The van der Waals surface area contributed by atoms with Crippen LogP contribution in [0, 0.1) is 0 Å². The fraction of sp³-hybridized carbons (Fsp3) is 0.357. The van der Waals surface area contributed by atoms with E-state index < -0.39 is 17.7 Å². The number of piperazine rings is 1. The second kappa shape index (κ2) is 9.65. The van der Waals surface area contributed by atoms with Crippen LogP contribution in [0.3, 0.4) is 0 Å². The highest BCUT2D eigenvalue weighted by molar-refractivity contribution is 5.88. The van der Waals surface area contributed by atoms with Gasteiger partial charge in [0.25, 0.3) is 0 Å². The second-order valence-corrected chi connectivity index (χ2v) is 9.64. The smallest absolute Gasteiger partial charge is 0.411 e. The van der Waals surface area contributed by atoms with Crippen LogP contribution in [0.2, 0.25) is 0 Å². The summed E-state index contributed by atoms with van der Waals surface area (Å²) in [7, 11) is 0. The summed E-state index contributed by atoms with van der Waals surface area (Å²) in [5, 5.41) is 2.28. The van der Waals surface area contributed by atoms with Crippen molar-refractivity contribution >= 4 is 22.8 Å². The normalized spacial score (nSPS) is 16.8. The number of hydrogen-bond acceptors (Lipinski definition) is 3. The molecule has 4 rings (SSSR count). The van der Waals surface area contributed by atoms with E-state index in [1.54, 1.807) is 4.90 Å². The highest BCUT2D eigenvalue weighted by atomic mass is 16.6. The summed E-state index contributed by atoms with van der Waals surface area (Å²) in [6.07, 6.45) is 0.830. The molecule has 172 valence electrons. The maximum absolute atomic E-state index is 13.6. The first-order valence-corrected chi connectivity index (χ1v) is 11.6. The minimum atomic E-state index is -0.613. The molecule has 1 atom stereocenters. The number of amides is 2. The van der Waals surface area contributed by atoms with Crippen molar-refractivity contribution in [3.05, 3.63) is 83.9 Å². The molecule has 5 nitrogen and oxygen atoms in total. The van der Waals surface area contributed by atoms with Crippen LogP contribution in [0.1, 0.15) is 31.9 Å². The number of carbonyl (C=O) groups excluding carboxylic acids is 2. The zero-order valence-electron chi connectivity index (χ0n) is 19.7. The standard InChI is InChI=1S/C28H32N2O3/c1-28(2,3)33-27(32)30-18-17-29(16-15-21-9-5-4-6-10-21)26(31)25(30)20-22-13-14-23-11-7-8-12-24(23)19-22/h4-14,19,25H,15-18,20H2,1-3H3/t25-/m1/s1. The van der Waals surface area contributed by atoms with Gasteiger partial charge in [0, 0.05) is 26.1 Å². The summed E-state index contributed by atoms with van der Waals surface area (Å²) >= 11 is 0. The minimum Gasteiger partial charge on any atom is -0.444 e. The quantitative estimate of drug-likeness (QED) is 0.552. The van der Waals surface area contributed by atoms with Crippen LogP contribution in [0.15, 0.2) is 72.8 Å². The third-order valence-corrected chi connectivity index (χ3v) is 5.97. The lowest BCUT2D eigenvalue weighted by molar-refractivity contribution is -0.141. The van der Waals surface area contributed by atoms with Crippen LogP contribution in [0.5, 0.6) is 0 Å². The number of rotatable bonds is 5. The number of nitrogens with zero attached hydrogens (tertiary/aromatic N) is 2. The Morgan fingerprint density at radius 1 is 0.909 bits per heavy atom. The molecule has 0 aromatic heterocycles. The van der Waals surface area contributed by atoms with Crippen LogP contribution in [0.4, 0.5) is 4.79 Å². The molecule has 0 N–H and O–H groups in total. The van der Waals surface area contributed by atoms with Crippen molar-refractivity contribution in [2.24, 2.45) is 0 Å². The summed E-state index contributed by atoms with van der Waals surface area (Å²) in [6.45, 7) is 7.16. The Balaban J connectivity index is 1.55. The molecule has 0 bridgehead atoms. The predicted octanol–water partition coefficient (Wildman–Crippen LogP) is 5.07. The third kappa shape index (κ3) is 5.72. The van der Waals surface area contributed by atoms with Crippen LogP contribution >= 0.6 is 0 Å². The Kier molecular flexibility index (Phi) is 6.68. The SMILES string of the molecule is CC(C)(C)OC(=O)N1CCN(CCc2ccccc2)C(=O)[C@H]1Cc1ccc2ccccc2c1. The molecule has 1 fully saturated rings. The highest BCUT2D eigenvalue weighted by Gasteiger charge is 2.39. The molecule has 0 unspecified atom stereocenters. The van der Waals surface area contributed by atoms with Gasteiger partial charge < -0.3 is 9.64 Å². The second-order valence-electron chi connectivity index (χ2n) is 9.64.